The Morgan fingerprint density at radius 1 is 1.06 bits per heavy atom. The maximum absolute atomic E-state index is 14.5. The van der Waals surface area contributed by atoms with E-state index in [4.69, 9.17) is 48.9 Å². The van der Waals surface area contributed by atoms with Crippen molar-refractivity contribution in [2.24, 2.45) is 11.0 Å². The second-order valence-corrected chi connectivity index (χ2v) is 15.7. The number of carbonyl (C=O) groups is 3. The zero-order valence-corrected chi connectivity index (χ0v) is 31.8. The number of nitrogens with one attached hydrogen (secondary N) is 1. The van der Waals surface area contributed by atoms with Crippen molar-refractivity contribution in [3.8, 4) is 5.75 Å². The number of hydrogen-bond acceptors (Lipinski definition) is 10. The highest BCUT2D eigenvalue weighted by molar-refractivity contribution is 7.88. The first-order chi connectivity index (χ1) is 25.9. The summed E-state index contributed by atoms with van der Waals surface area (Å²) >= 11 is 13.1. The molecule has 1 saturated carbocycles. The highest BCUT2D eigenvalue weighted by atomic mass is 35.5. The lowest BCUT2D eigenvalue weighted by Crippen LogP contribution is -2.61. The van der Waals surface area contributed by atoms with Crippen molar-refractivity contribution >= 4 is 51.0 Å². The molecule has 1 fully saturated rings. The number of azide groups is 1. The van der Waals surface area contributed by atoms with Crippen molar-refractivity contribution in [3.63, 3.8) is 0 Å². The molecule has 3 aromatic rings. The number of halogens is 2. The normalized spacial score (nSPS) is 19.8. The number of hydrogen-bond donors (Lipinski definition) is 2. The van der Waals surface area contributed by atoms with E-state index in [1.54, 1.807) is 65.6 Å². The molecule has 288 valence electrons. The fourth-order valence-corrected chi connectivity index (χ4v) is 8.19. The molecule has 54 heavy (non-hydrogen) atoms. The summed E-state index contributed by atoms with van der Waals surface area (Å²) in [5, 5.41) is 3.89. The fraction of sp³-hybridized carbons (Fsp3) is 0.417. The van der Waals surface area contributed by atoms with E-state index in [-0.39, 0.29) is 49.3 Å². The minimum Gasteiger partial charge on any atom is -0.494 e. The molecule has 2 amide bonds. The van der Waals surface area contributed by atoms with Crippen LogP contribution in [-0.4, -0.2) is 73.6 Å². The minimum absolute atomic E-state index is 0.0148. The number of nitrogens with zero attached hydrogens (tertiary/aromatic N) is 5. The Balaban J connectivity index is 1.36. The van der Waals surface area contributed by atoms with Crippen LogP contribution in [0.1, 0.15) is 77.5 Å². The van der Waals surface area contributed by atoms with Gasteiger partial charge in [-0.2, -0.15) is 0 Å². The van der Waals surface area contributed by atoms with Gasteiger partial charge in [0.2, 0.25) is 10.0 Å². The average Bonchev–Trinajstić information content (AvgIpc) is 3.15. The largest absolute Gasteiger partial charge is 0.494 e. The number of nitrogens with two attached hydrogens (primary N) is 1. The van der Waals surface area contributed by atoms with Gasteiger partial charge in [0.1, 0.15) is 5.75 Å². The standard InChI is InChI=1S/C36H41Cl2N7O8S/c1-54(49,50)45(40)31-13-5-4-12-30(31)44-34(28-16-15-24(37)21-29(28)38)33(26-10-2-3-11-27(26)36(44)48)35(47)42-53-22-23-8-6-9-25(20-23)51-18-7-14-32(46)52-19-17-41-43-39/h2-3,6,8-11,15-16,20-21,30-31,33-34H,4-5,7,12-14,17-19,22,40H2,1H3,(H,42,47)/t30-,31-,33+,34-/m0/s1. The third-order valence-electron chi connectivity index (χ3n) is 9.32. The van der Waals surface area contributed by atoms with Gasteiger partial charge in [0, 0.05) is 26.9 Å². The molecule has 0 bridgehead atoms. The first-order valence-corrected chi connectivity index (χ1v) is 19.9. The minimum atomic E-state index is -3.84. The Hall–Kier alpha value is -4.41. The van der Waals surface area contributed by atoms with Crippen LogP contribution in [0.15, 0.2) is 71.8 Å². The molecule has 0 aromatic heterocycles. The van der Waals surface area contributed by atoms with Crippen LogP contribution in [0.25, 0.3) is 10.4 Å². The molecule has 0 unspecified atom stereocenters. The summed E-state index contributed by atoms with van der Waals surface area (Å²) in [6.07, 6.45) is 3.82. The van der Waals surface area contributed by atoms with E-state index in [1.165, 1.54) is 6.07 Å². The summed E-state index contributed by atoms with van der Waals surface area (Å²) in [6, 6.07) is 16.2. The van der Waals surface area contributed by atoms with Crippen LogP contribution in [0.4, 0.5) is 0 Å². The van der Waals surface area contributed by atoms with Crippen LogP contribution in [0.3, 0.4) is 0 Å². The first-order valence-electron chi connectivity index (χ1n) is 17.3. The summed E-state index contributed by atoms with van der Waals surface area (Å²) < 4.78 is 37.0. The fourth-order valence-electron chi connectivity index (χ4n) is 6.93. The van der Waals surface area contributed by atoms with Crippen molar-refractivity contribution in [2.75, 3.05) is 26.0 Å². The number of benzene rings is 3. The van der Waals surface area contributed by atoms with Gasteiger partial charge in [0.25, 0.3) is 11.8 Å². The molecular weight excluding hydrogens is 761 g/mol. The quantitative estimate of drug-likeness (QED) is 0.0332. The molecule has 1 aliphatic carbocycles. The Morgan fingerprint density at radius 2 is 1.83 bits per heavy atom. The molecule has 15 nitrogen and oxygen atoms in total. The van der Waals surface area contributed by atoms with Crippen molar-refractivity contribution in [2.45, 2.75) is 69.2 Å². The van der Waals surface area contributed by atoms with Gasteiger partial charge in [-0.15, -0.1) is 4.41 Å². The predicted octanol–water partition coefficient (Wildman–Crippen LogP) is 5.98. The van der Waals surface area contributed by atoms with Crippen molar-refractivity contribution in [3.05, 3.63) is 109 Å². The first kappa shape index (κ1) is 40.8. The summed E-state index contributed by atoms with van der Waals surface area (Å²) in [4.78, 5) is 50.6. The summed E-state index contributed by atoms with van der Waals surface area (Å²) in [5.74, 6) is 4.34. The lowest BCUT2D eigenvalue weighted by Gasteiger charge is -2.50. The molecular formula is C36H41Cl2N7O8S. The van der Waals surface area contributed by atoms with Crippen LogP contribution >= 0.6 is 23.2 Å². The lowest BCUT2D eigenvalue weighted by molar-refractivity contribution is -0.143. The third-order valence-corrected chi connectivity index (χ3v) is 10.9. The maximum atomic E-state index is 14.5. The van der Waals surface area contributed by atoms with Crippen molar-refractivity contribution in [1.82, 2.24) is 14.8 Å². The second-order valence-electron chi connectivity index (χ2n) is 12.9. The Bertz CT molecular complexity index is 2000. The topological polar surface area (TPSA) is 206 Å². The predicted molar refractivity (Wildman–Crippen MR) is 201 cm³/mol. The average molecular weight is 803 g/mol. The van der Waals surface area contributed by atoms with Crippen molar-refractivity contribution in [1.29, 1.82) is 0 Å². The molecule has 5 rings (SSSR count). The molecule has 0 spiro atoms. The van der Waals surface area contributed by atoms with Crippen LogP contribution in [-0.2, 0) is 35.8 Å². The van der Waals surface area contributed by atoms with E-state index in [1.807, 2.05) is 0 Å². The molecule has 2 aliphatic rings. The number of ether oxygens (including phenoxy) is 2. The van der Waals surface area contributed by atoms with Gasteiger partial charge < -0.3 is 14.4 Å². The van der Waals surface area contributed by atoms with Gasteiger partial charge in [-0.25, -0.2) is 13.9 Å². The summed E-state index contributed by atoms with van der Waals surface area (Å²) in [6.45, 7) is 0.288. The highest BCUT2D eigenvalue weighted by Gasteiger charge is 2.50. The Morgan fingerprint density at radius 3 is 2.59 bits per heavy atom. The second kappa shape index (κ2) is 18.8. The number of fused-ring (bicyclic) bond motifs is 1. The van der Waals surface area contributed by atoms with Crippen LogP contribution in [0, 0.1) is 0 Å². The lowest BCUT2D eigenvalue weighted by atomic mass is 9.76. The van der Waals surface area contributed by atoms with Crippen LogP contribution in [0.5, 0.6) is 5.75 Å². The zero-order valence-electron chi connectivity index (χ0n) is 29.5. The number of amides is 2. The smallest absolute Gasteiger partial charge is 0.305 e. The highest BCUT2D eigenvalue weighted by Crippen LogP contribution is 2.48. The van der Waals surface area contributed by atoms with E-state index < -0.39 is 45.9 Å². The Labute approximate surface area is 323 Å². The molecule has 18 heteroatoms. The third kappa shape index (κ3) is 10.0. The number of hydroxylamine groups is 1. The van der Waals surface area contributed by atoms with Crippen LogP contribution < -0.4 is 16.1 Å². The van der Waals surface area contributed by atoms with Gasteiger partial charge in [-0.1, -0.05) is 77.6 Å². The molecule has 3 aromatic carbocycles. The van der Waals surface area contributed by atoms with E-state index in [2.05, 4.69) is 15.5 Å². The van der Waals surface area contributed by atoms with E-state index in [0.717, 1.165) is 10.7 Å². The SMILES string of the molecule is CS(=O)(=O)N(N)[C@H]1CCCC[C@@H]1N1C(=O)c2ccccc2[C@@H](C(=O)NOCc2cccc(OCCCC(=O)OCCN=[N+]=[N-])c2)[C@@H]1c1ccc(Cl)cc1Cl. The van der Waals surface area contributed by atoms with Crippen molar-refractivity contribution < 1.29 is 37.1 Å². The molecule has 3 N–H and O–H groups in total. The molecule has 1 heterocycles. The van der Waals surface area contributed by atoms with Gasteiger partial charge in [-0.3, -0.25) is 25.1 Å². The molecule has 1 aliphatic heterocycles. The number of hydrazine groups is 1. The van der Waals surface area contributed by atoms with E-state index in [9.17, 15) is 22.8 Å². The Kier molecular flexibility index (Phi) is 14.2. The molecule has 0 saturated heterocycles. The maximum Gasteiger partial charge on any atom is 0.305 e. The number of esters is 1. The van der Waals surface area contributed by atoms with Crippen LogP contribution in [0.2, 0.25) is 10.0 Å². The van der Waals surface area contributed by atoms with E-state index in [0.29, 0.717) is 59.6 Å². The number of rotatable bonds is 16. The van der Waals surface area contributed by atoms with Gasteiger partial charge in [0.15, 0.2) is 0 Å². The van der Waals surface area contributed by atoms with Gasteiger partial charge in [-0.05, 0) is 71.8 Å². The zero-order chi connectivity index (χ0) is 38.8. The summed E-state index contributed by atoms with van der Waals surface area (Å²) in [7, 11) is -3.84. The summed E-state index contributed by atoms with van der Waals surface area (Å²) in [5.41, 5.74) is 12.7. The van der Waals surface area contributed by atoms with Gasteiger partial charge >= 0.3 is 5.97 Å². The molecule has 0 radical (unpaired) electrons. The monoisotopic (exact) mass is 801 g/mol. The van der Waals surface area contributed by atoms with Gasteiger partial charge in [0.05, 0.1) is 56.7 Å². The number of sulfonamides is 1. The number of carbonyl (C=O) groups excluding carboxylic acids is 3. The van der Waals surface area contributed by atoms with E-state index >= 15 is 0 Å². The molecule has 4 atom stereocenters.